The Morgan fingerprint density at radius 1 is 1.16 bits per heavy atom. The number of sulfonamides is 1. The fourth-order valence-electron chi connectivity index (χ4n) is 2.47. The maximum absolute atomic E-state index is 12.5. The summed E-state index contributed by atoms with van der Waals surface area (Å²) >= 11 is 0. The Kier molecular flexibility index (Phi) is 9.01. The van der Waals surface area contributed by atoms with E-state index in [0.29, 0.717) is 0 Å². The Labute approximate surface area is 183 Å². The monoisotopic (exact) mass is 476 g/mol. The molecule has 0 bridgehead atoms. The van der Waals surface area contributed by atoms with Crippen LogP contribution in [0.5, 0.6) is 5.75 Å². The van der Waals surface area contributed by atoms with E-state index >= 15 is 0 Å². The number of rotatable bonds is 11. The van der Waals surface area contributed by atoms with Crippen LogP contribution in [-0.2, 0) is 20.9 Å². The summed E-state index contributed by atoms with van der Waals surface area (Å²) in [6.45, 7) is -0.238. The zero-order valence-electron chi connectivity index (χ0n) is 17.1. The van der Waals surface area contributed by atoms with Gasteiger partial charge in [0.15, 0.2) is 0 Å². The second-order valence-electron chi connectivity index (χ2n) is 6.62. The van der Waals surface area contributed by atoms with E-state index in [4.69, 9.17) is 9.47 Å². The molecular weight excluding hydrogens is 453 g/mol. The van der Waals surface area contributed by atoms with Gasteiger partial charge in [-0.15, -0.1) is 0 Å². The van der Waals surface area contributed by atoms with Crippen LogP contribution in [0.25, 0.3) is 0 Å². The number of hydrogen-bond acceptors (Lipinski definition) is 6. The molecule has 2 aromatic rings. The van der Waals surface area contributed by atoms with Gasteiger partial charge < -0.3 is 19.9 Å². The maximum atomic E-state index is 12.5. The van der Waals surface area contributed by atoms with E-state index in [0.717, 1.165) is 24.3 Å². The average Bonchev–Trinajstić information content (AvgIpc) is 2.76. The molecule has 0 saturated carbocycles. The van der Waals surface area contributed by atoms with Crippen molar-refractivity contribution in [3.8, 4) is 5.75 Å². The number of amides is 1. The van der Waals surface area contributed by atoms with Crippen molar-refractivity contribution in [1.29, 1.82) is 0 Å². The predicted molar refractivity (Wildman–Crippen MR) is 109 cm³/mol. The van der Waals surface area contributed by atoms with Gasteiger partial charge in [0, 0.05) is 25.8 Å². The summed E-state index contributed by atoms with van der Waals surface area (Å²) < 4.78 is 74.4. The lowest BCUT2D eigenvalue weighted by Crippen LogP contribution is -2.35. The molecule has 0 saturated heterocycles. The number of aliphatic hydroxyl groups is 1. The van der Waals surface area contributed by atoms with E-state index < -0.39 is 33.8 Å². The zero-order chi connectivity index (χ0) is 23.8. The molecule has 0 aliphatic rings. The highest BCUT2D eigenvalue weighted by molar-refractivity contribution is 7.89. The number of alkyl halides is 3. The lowest BCUT2D eigenvalue weighted by atomic mass is 10.2. The van der Waals surface area contributed by atoms with Crippen LogP contribution in [0, 0.1) is 0 Å². The van der Waals surface area contributed by atoms with Gasteiger partial charge in [0.25, 0.3) is 5.91 Å². The number of carbonyl (C=O) groups excluding carboxylic acids is 1. The van der Waals surface area contributed by atoms with Crippen LogP contribution in [0.2, 0.25) is 0 Å². The Bertz CT molecular complexity index is 997. The van der Waals surface area contributed by atoms with Gasteiger partial charge in [0.05, 0.1) is 17.1 Å². The molecule has 0 fully saturated rings. The van der Waals surface area contributed by atoms with Gasteiger partial charge in [-0.25, -0.2) is 13.1 Å². The number of carbonyl (C=O) groups is 1. The SMILES string of the molecule is COCCNS(=O)(=O)c1cccc(C(=O)NCC(O)COc2ccc(C(F)(F)F)cc2)c1. The highest BCUT2D eigenvalue weighted by Crippen LogP contribution is 2.30. The van der Waals surface area contributed by atoms with Crippen LogP contribution < -0.4 is 14.8 Å². The third kappa shape index (κ3) is 7.79. The Balaban J connectivity index is 1.86. The zero-order valence-corrected chi connectivity index (χ0v) is 17.9. The van der Waals surface area contributed by atoms with Crippen LogP contribution >= 0.6 is 0 Å². The first-order chi connectivity index (χ1) is 15.0. The maximum Gasteiger partial charge on any atom is 0.416 e. The second kappa shape index (κ2) is 11.3. The average molecular weight is 476 g/mol. The van der Waals surface area contributed by atoms with Gasteiger partial charge in [-0.1, -0.05) is 6.07 Å². The minimum absolute atomic E-state index is 0.0653. The van der Waals surface area contributed by atoms with E-state index in [1.165, 1.54) is 31.4 Å². The minimum atomic E-state index is -4.46. The molecule has 32 heavy (non-hydrogen) atoms. The fourth-order valence-corrected chi connectivity index (χ4v) is 3.53. The molecule has 0 heterocycles. The third-order valence-electron chi connectivity index (χ3n) is 4.13. The minimum Gasteiger partial charge on any atom is -0.491 e. The Hall–Kier alpha value is -2.67. The molecule has 2 aromatic carbocycles. The molecule has 0 spiro atoms. The molecule has 176 valence electrons. The third-order valence-corrected chi connectivity index (χ3v) is 5.59. The Morgan fingerprint density at radius 2 is 1.84 bits per heavy atom. The Morgan fingerprint density at radius 3 is 2.47 bits per heavy atom. The molecule has 0 aromatic heterocycles. The van der Waals surface area contributed by atoms with Crippen molar-refractivity contribution in [2.45, 2.75) is 17.2 Å². The molecule has 1 unspecified atom stereocenters. The number of aliphatic hydroxyl groups excluding tert-OH is 1. The highest BCUT2D eigenvalue weighted by atomic mass is 32.2. The number of hydrogen-bond donors (Lipinski definition) is 3. The van der Waals surface area contributed by atoms with Crippen LogP contribution in [0.1, 0.15) is 15.9 Å². The van der Waals surface area contributed by atoms with Crippen molar-refractivity contribution in [1.82, 2.24) is 10.0 Å². The first kappa shape index (κ1) is 25.6. The lowest BCUT2D eigenvalue weighted by molar-refractivity contribution is -0.137. The quantitative estimate of drug-likeness (QED) is 0.426. The first-order valence-corrected chi connectivity index (χ1v) is 10.9. The molecule has 3 N–H and O–H groups in total. The number of nitrogens with one attached hydrogen (secondary N) is 2. The summed E-state index contributed by atoms with van der Waals surface area (Å²) in [6.07, 6.45) is -5.61. The molecule has 0 radical (unpaired) electrons. The van der Waals surface area contributed by atoms with Crippen molar-refractivity contribution in [3.05, 3.63) is 59.7 Å². The molecule has 0 aliphatic carbocycles. The van der Waals surface area contributed by atoms with Crippen LogP contribution in [0.15, 0.2) is 53.4 Å². The molecule has 12 heteroatoms. The van der Waals surface area contributed by atoms with Gasteiger partial charge >= 0.3 is 6.18 Å². The smallest absolute Gasteiger partial charge is 0.416 e. The van der Waals surface area contributed by atoms with Crippen molar-refractivity contribution >= 4 is 15.9 Å². The summed E-state index contributed by atoms with van der Waals surface area (Å²) in [6, 6.07) is 9.30. The van der Waals surface area contributed by atoms with E-state index in [1.807, 2.05) is 0 Å². The van der Waals surface area contributed by atoms with Crippen molar-refractivity contribution in [3.63, 3.8) is 0 Å². The van der Waals surface area contributed by atoms with Gasteiger partial charge in [-0.05, 0) is 42.5 Å². The summed E-state index contributed by atoms with van der Waals surface area (Å²) in [5.41, 5.74) is -0.758. The summed E-state index contributed by atoms with van der Waals surface area (Å²) in [7, 11) is -2.39. The highest BCUT2D eigenvalue weighted by Gasteiger charge is 2.30. The van der Waals surface area contributed by atoms with Gasteiger partial charge in [0.2, 0.25) is 10.0 Å². The van der Waals surface area contributed by atoms with Crippen LogP contribution in [0.4, 0.5) is 13.2 Å². The van der Waals surface area contributed by atoms with E-state index in [2.05, 4.69) is 10.0 Å². The molecule has 1 atom stereocenters. The lowest BCUT2D eigenvalue weighted by Gasteiger charge is -2.14. The topological polar surface area (TPSA) is 114 Å². The number of ether oxygens (including phenoxy) is 2. The molecule has 2 rings (SSSR count). The van der Waals surface area contributed by atoms with E-state index in [1.54, 1.807) is 0 Å². The normalized spacial score (nSPS) is 12.9. The molecular formula is C20H23F3N2O6S. The molecule has 1 amide bonds. The van der Waals surface area contributed by atoms with Gasteiger partial charge in [-0.3, -0.25) is 4.79 Å². The van der Waals surface area contributed by atoms with Crippen LogP contribution in [0.3, 0.4) is 0 Å². The van der Waals surface area contributed by atoms with E-state index in [9.17, 15) is 31.5 Å². The van der Waals surface area contributed by atoms with Crippen molar-refractivity contribution in [2.75, 3.05) is 33.4 Å². The standard InChI is InChI=1S/C20H23F3N2O6S/c1-30-10-9-25-32(28,29)18-4-2-3-14(11-18)19(27)24-12-16(26)13-31-17-7-5-15(6-8-17)20(21,22)23/h2-8,11,16,25-26H,9-10,12-13H2,1H3,(H,24,27). The largest absolute Gasteiger partial charge is 0.491 e. The molecule has 0 aliphatic heterocycles. The fraction of sp³-hybridized carbons (Fsp3) is 0.350. The first-order valence-electron chi connectivity index (χ1n) is 9.38. The summed E-state index contributed by atoms with van der Waals surface area (Å²) in [4.78, 5) is 12.2. The molecule has 8 nitrogen and oxygen atoms in total. The second-order valence-corrected chi connectivity index (χ2v) is 8.38. The van der Waals surface area contributed by atoms with Crippen molar-refractivity contribution < 1.29 is 41.0 Å². The van der Waals surface area contributed by atoms with E-state index in [-0.39, 0.29) is 42.5 Å². The summed E-state index contributed by atoms with van der Waals surface area (Å²) in [5, 5.41) is 12.4. The summed E-state index contributed by atoms with van der Waals surface area (Å²) in [5.74, 6) is -0.491. The van der Waals surface area contributed by atoms with Gasteiger partial charge in [0.1, 0.15) is 18.5 Å². The predicted octanol–water partition coefficient (Wildman–Crippen LogP) is 1.80. The number of methoxy groups -OCH3 is 1. The van der Waals surface area contributed by atoms with Gasteiger partial charge in [-0.2, -0.15) is 13.2 Å². The number of benzene rings is 2. The number of halogens is 3. The van der Waals surface area contributed by atoms with Crippen LogP contribution in [-0.4, -0.2) is 58.9 Å². The van der Waals surface area contributed by atoms with Crippen molar-refractivity contribution in [2.24, 2.45) is 0 Å².